The van der Waals surface area contributed by atoms with Gasteiger partial charge in [0.15, 0.2) is 0 Å². The fraction of sp³-hybridized carbons (Fsp3) is 0.214. The largest absolute Gasteiger partial charge is 0.439 e. The van der Waals surface area contributed by atoms with E-state index in [2.05, 4.69) is 13.8 Å². The minimum absolute atomic E-state index is 0.0732. The van der Waals surface area contributed by atoms with Gasteiger partial charge in [-0.1, -0.05) is 61.3 Å². The molecule has 35 heavy (non-hydrogen) atoms. The van der Waals surface area contributed by atoms with E-state index in [-0.39, 0.29) is 11.8 Å². The Bertz CT molecular complexity index is 1300. The van der Waals surface area contributed by atoms with E-state index in [1.54, 1.807) is 28.9 Å². The van der Waals surface area contributed by atoms with E-state index >= 15 is 0 Å². The number of para-hydroxylation sites is 1. The second-order valence-corrected chi connectivity index (χ2v) is 9.64. The molecule has 3 aromatic carbocycles. The van der Waals surface area contributed by atoms with Gasteiger partial charge in [-0.25, -0.2) is 4.68 Å². The summed E-state index contributed by atoms with van der Waals surface area (Å²) >= 11 is 12.3. The van der Waals surface area contributed by atoms with Crippen molar-refractivity contribution in [3.63, 3.8) is 0 Å². The monoisotopic (exact) mass is 507 g/mol. The number of nitrogens with zero attached hydrogens (tertiary/aromatic N) is 3. The van der Waals surface area contributed by atoms with Crippen LogP contribution in [0.2, 0.25) is 10.0 Å². The normalized spacial score (nSPS) is 11.0. The zero-order chi connectivity index (χ0) is 24.9. The van der Waals surface area contributed by atoms with Crippen LogP contribution in [0.4, 0.5) is 0 Å². The molecule has 0 aliphatic heterocycles. The van der Waals surface area contributed by atoms with E-state index in [0.717, 1.165) is 16.9 Å². The van der Waals surface area contributed by atoms with Gasteiger partial charge in [-0.15, -0.1) is 0 Å². The van der Waals surface area contributed by atoms with Crippen molar-refractivity contribution in [2.24, 2.45) is 5.92 Å². The molecule has 0 aliphatic rings. The summed E-state index contributed by atoms with van der Waals surface area (Å²) in [7, 11) is 0. The molecule has 0 spiro atoms. The third kappa shape index (κ3) is 6.05. The first-order valence-electron chi connectivity index (χ1n) is 11.4. The number of ether oxygens (including phenoxy) is 1. The minimum atomic E-state index is -0.0732. The molecule has 0 bridgehead atoms. The van der Waals surface area contributed by atoms with Gasteiger partial charge in [0.2, 0.25) is 5.88 Å². The number of amides is 1. The third-order valence-corrected chi connectivity index (χ3v) is 5.95. The third-order valence-electron chi connectivity index (χ3n) is 5.46. The van der Waals surface area contributed by atoms with Crippen LogP contribution >= 0.6 is 23.2 Å². The molecule has 180 valence electrons. The maximum atomic E-state index is 13.5. The lowest BCUT2D eigenvalue weighted by atomic mass is 10.1. The quantitative estimate of drug-likeness (QED) is 0.247. The lowest BCUT2D eigenvalue weighted by Crippen LogP contribution is -2.34. The molecule has 0 aliphatic carbocycles. The Balaban J connectivity index is 1.77. The lowest BCUT2D eigenvalue weighted by molar-refractivity contribution is 0.0721. The molecule has 0 saturated heterocycles. The van der Waals surface area contributed by atoms with E-state index in [0.29, 0.717) is 40.3 Å². The first-order chi connectivity index (χ1) is 16.8. The molecule has 0 N–H and O–H groups in total. The Morgan fingerprint density at radius 3 is 2.34 bits per heavy atom. The summed E-state index contributed by atoms with van der Waals surface area (Å²) in [5.74, 6) is 1.42. The number of carbonyl (C=O) groups is 1. The minimum Gasteiger partial charge on any atom is -0.439 e. The number of aryl methyl sites for hydroxylation is 1. The topological polar surface area (TPSA) is 47.4 Å². The summed E-state index contributed by atoms with van der Waals surface area (Å²) < 4.78 is 8.10. The van der Waals surface area contributed by atoms with Gasteiger partial charge in [-0.3, -0.25) is 4.79 Å². The Hall–Kier alpha value is -3.28. The van der Waals surface area contributed by atoms with Crippen LogP contribution in [0.1, 0.15) is 35.5 Å². The molecule has 1 amide bonds. The van der Waals surface area contributed by atoms with Crippen LogP contribution in [-0.2, 0) is 6.54 Å². The fourth-order valence-corrected chi connectivity index (χ4v) is 4.14. The molecule has 1 heterocycles. The number of aromatic nitrogens is 2. The van der Waals surface area contributed by atoms with Crippen LogP contribution in [0.15, 0.2) is 78.9 Å². The standard InChI is InChI=1S/C28H27Cl2N3O2/c1-19(2)17-32(27(34)21-12-14-22(29)15-13-21)18-26-20(3)31-33(24-9-7-8-23(30)16-24)28(26)35-25-10-5-4-6-11-25/h4-16,19H,17-18H2,1-3H3. The summed E-state index contributed by atoms with van der Waals surface area (Å²) in [5.41, 5.74) is 2.96. The van der Waals surface area contributed by atoms with Crippen molar-refractivity contribution in [3.8, 4) is 17.3 Å². The average Bonchev–Trinajstić information content (AvgIpc) is 3.14. The molecule has 0 unspecified atom stereocenters. The van der Waals surface area contributed by atoms with Crippen LogP contribution in [0, 0.1) is 12.8 Å². The maximum absolute atomic E-state index is 13.5. The molecule has 0 atom stereocenters. The van der Waals surface area contributed by atoms with Gasteiger partial charge in [0.1, 0.15) is 5.75 Å². The number of rotatable bonds is 8. The number of halogens is 2. The van der Waals surface area contributed by atoms with Crippen LogP contribution in [0.25, 0.3) is 5.69 Å². The SMILES string of the molecule is Cc1nn(-c2cccc(Cl)c2)c(Oc2ccccc2)c1CN(CC(C)C)C(=O)c1ccc(Cl)cc1. The zero-order valence-corrected chi connectivity index (χ0v) is 21.4. The summed E-state index contributed by atoms with van der Waals surface area (Å²) in [6.45, 7) is 7.02. The smallest absolute Gasteiger partial charge is 0.254 e. The van der Waals surface area contributed by atoms with Gasteiger partial charge in [0, 0.05) is 22.2 Å². The molecule has 1 aromatic heterocycles. The van der Waals surface area contributed by atoms with Gasteiger partial charge >= 0.3 is 0 Å². The highest BCUT2D eigenvalue weighted by Crippen LogP contribution is 2.32. The summed E-state index contributed by atoms with van der Waals surface area (Å²) in [6, 6.07) is 23.9. The van der Waals surface area contributed by atoms with Crippen LogP contribution < -0.4 is 4.74 Å². The van der Waals surface area contributed by atoms with Crippen LogP contribution in [-0.4, -0.2) is 27.1 Å². The summed E-state index contributed by atoms with van der Waals surface area (Å²) in [4.78, 5) is 15.3. The molecule has 0 radical (unpaired) electrons. The summed E-state index contributed by atoms with van der Waals surface area (Å²) in [5, 5.41) is 5.96. The predicted octanol–water partition coefficient (Wildman–Crippen LogP) is 7.58. The number of hydrogen-bond acceptors (Lipinski definition) is 3. The number of carbonyl (C=O) groups excluding carboxylic acids is 1. The van der Waals surface area contributed by atoms with Crippen molar-refractivity contribution in [3.05, 3.63) is 106 Å². The van der Waals surface area contributed by atoms with Crippen LogP contribution in [0.5, 0.6) is 11.6 Å². The Labute approximate surface area is 215 Å². The number of hydrogen-bond donors (Lipinski definition) is 0. The fourth-order valence-electron chi connectivity index (χ4n) is 3.83. The Morgan fingerprint density at radius 1 is 0.971 bits per heavy atom. The van der Waals surface area contributed by atoms with Gasteiger partial charge < -0.3 is 9.64 Å². The van der Waals surface area contributed by atoms with E-state index < -0.39 is 0 Å². The van der Waals surface area contributed by atoms with Crippen molar-refractivity contribution >= 4 is 29.1 Å². The van der Waals surface area contributed by atoms with Crippen molar-refractivity contribution in [1.82, 2.24) is 14.7 Å². The van der Waals surface area contributed by atoms with E-state index in [9.17, 15) is 4.79 Å². The Morgan fingerprint density at radius 2 is 1.69 bits per heavy atom. The first kappa shape index (κ1) is 24.8. The summed E-state index contributed by atoms with van der Waals surface area (Å²) in [6.07, 6.45) is 0. The van der Waals surface area contributed by atoms with Crippen LogP contribution in [0.3, 0.4) is 0 Å². The van der Waals surface area contributed by atoms with Gasteiger partial charge in [0.05, 0.1) is 23.5 Å². The highest BCUT2D eigenvalue weighted by Gasteiger charge is 2.25. The van der Waals surface area contributed by atoms with Crippen molar-refractivity contribution in [2.75, 3.05) is 6.54 Å². The predicted molar refractivity (Wildman–Crippen MR) is 141 cm³/mol. The van der Waals surface area contributed by atoms with Crippen molar-refractivity contribution in [2.45, 2.75) is 27.3 Å². The average molecular weight is 508 g/mol. The first-order valence-corrected chi connectivity index (χ1v) is 12.2. The number of benzene rings is 3. The maximum Gasteiger partial charge on any atom is 0.254 e. The zero-order valence-electron chi connectivity index (χ0n) is 19.9. The second kappa shape index (κ2) is 11.0. The van der Waals surface area contributed by atoms with Crippen molar-refractivity contribution in [1.29, 1.82) is 0 Å². The van der Waals surface area contributed by atoms with E-state index in [1.807, 2.05) is 66.4 Å². The Kier molecular flexibility index (Phi) is 7.79. The second-order valence-electron chi connectivity index (χ2n) is 8.76. The highest BCUT2D eigenvalue weighted by molar-refractivity contribution is 6.31. The molecule has 0 saturated carbocycles. The molecule has 7 heteroatoms. The van der Waals surface area contributed by atoms with Gasteiger partial charge in [0.25, 0.3) is 5.91 Å². The molecule has 5 nitrogen and oxygen atoms in total. The highest BCUT2D eigenvalue weighted by atomic mass is 35.5. The molecular weight excluding hydrogens is 481 g/mol. The van der Waals surface area contributed by atoms with Crippen molar-refractivity contribution < 1.29 is 9.53 Å². The lowest BCUT2D eigenvalue weighted by Gasteiger charge is -2.25. The van der Waals surface area contributed by atoms with E-state index in [1.165, 1.54) is 0 Å². The molecule has 4 aromatic rings. The van der Waals surface area contributed by atoms with Gasteiger partial charge in [-0.2, -0.15) is 5.10 Å². The molecule has 4 rings (SSSR count). The van der Waals surface area contributed by atoms with E-state index in [4.69, 9.17) is 33.0 Å². The molecule has 0 fully saturated rings. The molecular formula is C28H27Cl2N3O2. The van der Waals surface area contributed by atoms with Gasteiger partial charge in [-0.05, 0) is 67.4 Å².